The van der Waals surface area contributed by atoms with E-state index in [2.05, 4.69) is 48.0 Å². The van der Waals surface area contributed by atoms with Crippen molar-refractivity contribution in [2.24, 2.45) is 0 Å². The highest BCUT2D eigenvalue weighted by Gasteiger charge is 2.11. The van der Waals surface area contributed by atoms with Crippen molar-refractivity contribution >= 4 is 17.0 Å². The smallest absolute Gasteiger partial charge is 0.0521 e. The number of benzene rings is 1. The van der Waals surface area contributed by atoms with Gasteiger partial charge in [-0.1, -0.05) is 24.3 Å². The maximum Gasteiger partial charge on any atom is 0.0521 e. The van der Waals surface area contributed by atoms with Crippen molar-refractivity contribution in [1.82, 2.24) is 4.57 Å². The van der Waals surface area contributed by atoms with E-state index in [4.69, 9.17) is 0 Å². The lowest BCUT2D eigenvalue weighted by atomic mass is 10.1. The van der Waals surface area contributed by atoms with Gasteiger partial charge >= 0.3 is 0 Å². The SMILES string of the molecule is CCn1ccc2ccc3c(c21)CC=C3. The van der Waals surface area contributed by atoms with Gasteiger partial charge in [-0.25, -0.2) is 0 Å². The topological polar surface area (TPSA) is 4.93 Å². The Bertz CT molecular complexity index is 517. The molecule has 0 bridgehead atoms. The third kappa shape index (κ3) is 0.897. The van der Waals surface area contributed by atoms with Crippen LogP contribution >= 0.6 is 0 Å². The molecule has 0 saturated heterocycles. The van der Waals surface area contributed by atoms with Gasteiger partial charge in [0.15, 0.2) is 0 Å². The van der Waals surface area contributed by atoms with Crippen molar-refractivity contribution in [3.8, 4) is 0 Å². The Morgan fingerprint density at radius 2 is 2.21 bits per heavy atom. The van der Waals surface area contributed by atoms with E-state index < -0.39 is 0 Å². The van der Waals surface area contributed by atoms with E-state index >= 15 is 0 Å². The van der Waals surface area contributed by atoms with Crippen LogP contribution < -0.4 is 0 Å². The van der Waals surface area contributed by atoms with Gasteiger partial charge in [-0.05, 0) is 35.9 Å². The molecular formula is C13H13N. The Morgan fingerprint density at radius 1 is 1.29 bits per heavy atom. The molecule has 70 valence electrons. The molecule has 0 fully saturated rings. The molecule has 0 atom stereocenters. The summed E-state index contributed by atoms with van der Waals surface area (Å²) in [6.45, 7) is 3.25. The first-order valence-corrected chi connectivity index (χ1v) is 5.17. The third-order valence-corrected chi connectivity index (χ3v) is 3.03. The second-order valence-electron chi connectivity index (χ2n) is 3.78. The largest absolute Gasteiger partial charge is 0.348 e. The van der Waals surface area contributed by atoms with Crippen molar-refractivity contribution in [3.05, 3.63) is 41.6 Å². The number of hydrogen-bond acceptors (Lipinski definition) is 0. The van der Waals surface area contributed by atoms with Crippen LogP contribution in [0.5, 0.6) is 0 Å². The maximum absolute atomic E-state index is 2.33. The van der Waals surface area contributed by atoms with Gasteiger partial charge in [0.25, 0.3) is 0 Å². The number of nitrogens with zero attached hydrogens (tertiary/aromatic N) is 1. The summed E-state index contributed by atoms with van der Waals surface area (Å²) in [6, 6.07) is 6.65. The number of aromatic nitrogens is 1. The van der Waals surface area contributed by atoms with Crippen molar-refractivity contribution in [1.29, 1.82) is 0 Å². The number of hydrogen-bond donors (Lipinski definition) is 0. The van der Waals surface area contributed by atoms with Gasteiger partial charge in [0.05, 0.1) is 5.52 Å². The zero-order valence-electron chi connectivity index (χ0n) is 8.33. The molecule has 0 spiro atoms. The van der Waals surface area contributed by atoms with Crippen molar-refractivity contribution < 1.29 is 0 Å². The van der Waals surface area contributed by atoms with Crippen LogP contribution in [0.25, 0.3) is 17.0 Å². The minimum Gasteiger partial charge on any atom is -0.348 e. The number of fused-ring (bicyclic) bond motifs is 3. The van der Waals surface area contributed by atoms with Gasteiger partial charge in [0.2, 0.25) is 0 Å². The fraction of sp³-hybridized carbons (Fsp3) is 0.231. The number of allylic oxidation sites excluding steroid dienone is 1. The Balaban J connectivity index is 2.41. The van der Waals surface area contributed by atoms with Crippen LogP contribution in [0.15, 0.2) is 30.5 Å². The molecule has 0 amide bonds. The quantitative estimate of drug-likeness (QED) is 0.639. The predicted molar refractivity (Wildman–Crippen MR) is 60.4 cm³/mol. The van der Waals surface area contributed by atoms with Crippen LogP contribution in [-0.2, 0) is 13.0 Å². The van der Waals surface area contributed by atoms with E-state index in [-0.39, 0.29) is 0 Å². The summed E-state index contributed by atoms with van der Waals surface area (Å²) in [5.41, 5.74) is 4.32. The molecule has 1 nitrogen and oxygen atoms in total. The van der Waals surface area contributed by atoms with Gasteiger partial charge < -0.3 is 4.57 Å². The number of rotatable bonds is 1. The van der Waals surface area contributed by atoms with Crippen molar-refractivity contribution in [3.63, 3.8) is 0 Å². The fourth-order valence-electron chi connectivity index (χ4n) is 2.33. The van der Waals surface area contributed by atoms with E-state index in [0.29, 0.717) is 0 Å². The van der Waals surface area contributed by atoms with Crippen LogP contribution in [0, 0.1) is 0 Å². The Kier molecular flexibility index (Phi) is 1.54. The molecule has 2 aromatic rings. The highest BCUT2D eigenvalue weighted by molar-refractivity contribution is 5.88. The molecule has 1 aliphatic rings. The monoisotopic (exact) mass is 183 g/mol. The summed E-state index contributed by atoms with van der Waals surface area (Å²) in [5, 5.41) is 1.37. The lowest BCUT2D eigenvalue weighted by Gasteiger charge is -2.06. The normalized spacial score (nSPS) is 13.8. The van der Waals surface area contributed by atoms with E-state index in [1.165, 1.54) is 22.0 Å². The maximum atomic E-state index is 2.33. The van der Waals surface area contributed by atoms with Crippen molar-refractivity contribution in [2.75, 3.05) is 0 Å². The minimum atomic E-state index is 1.06. The molecule has 1 aliphatic carbocycles. The molecule has 1 aromatic heterocycles. The summed E-state index contributed by atoms with van der Waals surface area (Å²) in [4.78, 5) is 0. The molecule has 1 heteroatoms. The van der Waals surface area contributed by atoms with Gasteiger partial charge in [0, 0.05) is 12.7 Å². The van der Waals surface area contributed by atoms with Crippen LogP contribution in [0.1, 0.15) is 18.1 Å². The van der Waals surface area contributed by atoms with E-state index in [1.807, 2.05) is 0 Å². The summed E-state index contributed by atoms with van der Waals surface area (Å²) >= 11 is 0. The third-order valence-electron chi connectivity index (χ3n) is 3.03. The predicted octanol–water partition coefficient (Wildman–Crippen LogP) is 3.23. The van der Waals surface area contributed by atoms with Gasteiger partial charge in [-0.15, -0.1) is 0 Å². The van der Waals surface area contributed by atoms with Crippen LogP contribution in [0.3, 0.4) is 0 Å². The molecule has 1 heterocycles. The molecule has 0 saturated carbocycles. The second kappa shape index (κ2) is 2.74. The Hall–Kier alpha value is -1.50. The molecule has 0 N–H and O–H groups in total. The fourth-order valence-corrected chi connectivity index (χ4v) is 2.33. The Morgan fingerprint density at radius 3 is 3.07 bits per heavy atom. The lowest BCUT2D eigenvalue weighted by molar-refractivity contribution is 0.794. The molecule has 14 heavy (non-hydrogen) atoms. The highest BCUT2D eigenvalue weighted by Crippen LogP contribution is 2.28. The summed E-state index contributed by atoms with van der Waals surface area (Å²) in [5.74, 6) is 0. The van der Waals surface area contributed by atoms with E-state index in [9.17, 15) is 0 Å². The zero-order valence-corrected chi connectivity index (χ0v) is 8.33. The molecule has 1 aromatic carbocycles. The first-order chi connectivity index (χ1) is 6.90. The van der Waals surface area contributed by atoms with E-state index in [1.54, 1.807) is 0 Å². The van der Waals surface area contributed by atoms with Crippen LogP contribution in [0.2, 0.25) is 0 Å². The van der Waals surface area contributed by atoms with Crippen molar-refractivity contribution in [2.45, 2.75) is 19.9 Å². The summed E-state index contributed by atoms with van der Waals surface area (Å²) in [6.07, 6.45) is 7.75. The molecule has 0 unspecified atom stereocenters. The number of aryl methyl sites for hydroxylation is 1. The minimum absolute atomic E-state index is 1.06. The van der Waals surface area contributed by atoms with Gasteiger partial charge in [-0.2, -0.15) is 0 Å². The molecule has 0 radical (unpaired) electrons. The van der Waals surface area contributed by atoms with Crippen LogP contribution in [-0.4, -0.2) is 4.57 Å². The average Bonchev–Trinajstić information content (AvgIpc) is 2.82. The summed E-state index contributed by atoms with van der Waals surface area (Å²) < 4.78 is 2.33. The zero-order chi connectivity index (χ0) is 9.54. The summed E-state index contributed by atoms with van der Waals surface area (Å²) in [7, 11) is 0. The first-order valence-electron chi connectivity index (χ1n) is 5.17. The highest BCUT2D eigenvalue weighted by atomic mass is 14.9. The average molecular weight is 183 g/mol. The van der Waals surface area contributed by atoms with Crippen LogP contribution in [0.4, 0.5) is 0 Å². The molecule has 0 aliphatic heterocycles. The standard InChI is InChI=1S/C13H13N/c1-2-14-9-8-11-7-6-10-4-3-5-12(10)13(11)14/h3-4,6-9H,2,5H2,1H3. The van der Waals surface area contributed by atoms with Gasteiger partial charge in [0.1, 0.15) is 0 Å². The van der Waals surface area contributed by atoms with E-state index in [0.717, 1.165) is 13.0 Å². The lowest BCUT2D eigenvalue weighted by Crippen LogP contribution is -1.95. The molecule has 3 rings (SSSR count). The first kappa shape index (κ1) is 7.86. The van der Waals surface area contributed by atoms with Gasteiger partial charge in [-0.3, -0.25) is 0 Å². The molecular weight excluding hydrogens is 170 g/mol. The Labute approximate surface area is 83.7 Å². The second-order valence-corrected chi connectivity index (χ2v) is 3.78.